The minimum Gasteiger partial charge on any atom is -0.384 e. The summed E-state index contributed by atoms with van der Waals surface area (Å²) in [6.07, 6.45) is -0.870. The number of alkyl halides is 3. The standard InChI is InChI=1S/C23H27F3N6O/c1-4-19(33)31-5-7-32(8-6-31)22-16-9-13(2)15(11-17(16)28-12-29-22)21-20(23(24,25)26)14(3)10-18(27)30-21/h4,10,12-13,15H,1,5-9,11H2,2-3H3,(H2,27,30)/t13-,15+/m0/s1. The zero-order valence-corrected chi connectivity index (χ0v) is 18.7. The molecule has 2 aromatic heterocycles. The van der Waals surface area contributed by atoms with Crippen LogP contribution in [0.1, 0.15) is 40.9 Å². The number of hydrogen-bond donors (Lipinski definition) is 1. The summed E-state index contributed by atoms with van der Waals surface area (Å²) in [4.78, 5) is 28.8. The van der Waals surface area contributed by atoms with Crippen molar-refractivity contribution in [2.24, 2.45) is 5.92 Å². The summed E-state index contributed by atoms with van der Waals surface area (Å²) in [7, 11) is 0. The third kappa shape index (κ3) is 4.38. The molecule has 7 nitrogen and oxygen atoms in total. The van der Waals surface area contributed by atoms with E-state index in [0.29, 0.717) is 39.0 Å². The van der Waals surface area contributed by atoms with E-state index in [1.165, 1.54) is 25.4 Å². The highest BCUT2D eigenvalue weighted by Gasteiger charge is 2.41. The van der Waals surface area contributed by atoms with Crippen LogP contribution < -0.4 is 10.6 Å². The van der Waals surface area contributed by atoms with Crippen molar-refractivity contribution in [3.63, 3.8) is 0 Å². The second-order valence-corrected chi connectivity index (χ2v) is 8.75. The Morgan fingerprint density at radius 1 is 1.21 bits per heavy atom. The molecule has 1 fully saturated rings. The summed E-state index contributed by atoms with van der Waals surface area (Å²) in [5.74, 6) is 0.218. The van der Waals surface area contributed by atoms with Crippen LogP contribution in [0.25, 0.3) is 0 Å². The van der Waals surface area contributed by atoms with Crippen LogP contribution in [0.3, 0.4) is 0 Å². The van der Waals surface area contributed by atoms with Crippen LogP contribution in [0.4, 0.5) is 24.8 Å². The maximum atomic E-state index is 13.9. The minimum absolute atomic E-state index is 0.00476. The number of anilines is 2. The van der Waals surface area contributed by atoms with Crippen molar-refractivity contribution in [2.75, 3.05) is 36.8 Å². The van der Waals surface area contributed by atoms with Crippen molar-refractivity contribution in [1.82, 2.24) is 19.9 Å². The molecule has 176 valence electrons. The van der Waals surface area contributed by atoms with Crippen LogP contribution in [0.5, 0.6) is 0 Å². The lowest BCUT2D eigenvalue weighted by atomic mass is 9.75. The molecular weight excluding hydrogens is 433 g/mol. The van der Waals surface area contributed by atoms with Gasteiger partial charge in [-0.3, -0.25) is 4.79 Å². The molecule has 2 aliphatic rings. The van der Waals surface area contributed by atoms with Gasteiger partial charge in [0.15, 0.2) is 0 Å². The van der Waals surface area contributed by atoms with Gasteiger partial charge in [-0.15, -0.1) is 0 Å². The number of rotatable bonds is 3. The molecule has 0 spiro atoms. The number of aromatic nitrogens is 3. The number of piperazine rings is 1. The van der Waals surface area contributed by atoms with Crippen molar-refractivity contribution in [3.8, 4) is 0 Å². The number of halogens is 3. The number of carbonyl (C=O) groups excluding carboxylic acids is 1. The van der Waals surface area contributed by atoms with Gasteiger partial charge in [-0.25, -0.2) is 15.0 Å². The van der Waals surface area contributed by atoms with Gasteiger partial charge in [-0.2, -0.15) is 13.2 Å². The number of hydrogen-bond acceptors (Lipinski definition) is 6. The van der Waals surface area contributed by atoms with E-state index in [0.717, 1.165) is 17.1 Å². The topological polar surface area (TPSA) is 88.2 Å². The van der Waals surface area contributed by atoms with Gasteiger partial charge >= 0.3 is 6.18 Å². The first-order chi connectivity index (χ1) is 15.6. The smallest absolute Gasteiger partial charge is 0.384 e. The minimum atomic E-state index is -4.51. The number of nitrogens with zero attached hydrogens (tertiary/aromatic N) is 5. The zero-order chi connectivity index (χ0) is 23.9. The predicted octanol–water partition coefficient (Wildman–Crippen LogP) is 3.13. The summed E-state index contributed by atoms with van der Waals surface area (Å²) < 4.78 is 41.7. The van der Waals surface area contributed by atoms with E-state index < -0.39 is 17.7 Å². The third-order valence-corrected chi connectivity index (χ3v) is 6.60. The Hall–Kier alpha value is -3.17. The number of aryl methyl sites for hydroxylation is 1. The van der Waals surface area contributed by atoms with Crippen molar-refractivity contribution in [3.05, 3.63) is 53.1 Å². The fourth-order valence-corrected chi connectivity index (χ4v) is 4.96. The van der Waals surface area contributed by atoms with Crippen LogP contribution in [-0.2, 0) is 23.8 Å². The molecule has 0 radical (unpaired) electrons. The molecule has 3 heterocycles. The Kier molecular flexibility index (Phi) is 6.02. The monoisotopic (exact) mass is 460 g/mol. The fraction of sp³-hybridized carbons (Fsp3) is 0.478. The molecule has 1 saturated heterocycles. The molecule has 10 heteroatoms. The van der Waals surface area contributed by atoms with Crippen molar-refractivity contribution in [1.29, 1.82) is 0 Å². The molecule has 1 aliphatic heterocycles. The van der Waals surface area contributed by atoms with Gasteiger partial charge in [0.1, 0.15) is 18.0 Å². The maximum Gasteiger partial charge on any atom is 0.418 e. The van der Waals surface area contributed by atoms with E-state index >= 15 is 0 Å². The van der Waals surface area contributed by atoms with Crippen LogP contribution in [0.15, 0.2) is 25.0 Å². The summed E-state index contributed by atoms with van der Waals surface area (Å²) in [5, 5.41) is 0. The number of pyridine rings is 1. The van der Waals surface area contributed by atoms with Crippen LogP contribution in [0.2, 0.25) is 0 Å². The molecule has 0 saturated carbocycles. The molecular formula is C23H27F3N6O. The highest BCUT2D eigenvalue weighted by Crippen LogP contribution is 2.44. The number of nitrogen functional groups attached to an aromatic ring is 1. The van der Waals surface area contributed by atoms with Crippen molar-refractivity contribution < 1.29 is 18.0 Å². The van der Waals surface area contributed by atoms with Gasteiger partial charge < -0.3 is 15.5 Å². The fourth-order valence-electron chi connectivity index (χ4n) is 4.96. The molecule has 2 aromatic rings. The van der Waals surface area contributed by atoms with Gasteiger partial charge in [0.05, 0.1) is 11.3 Å². The van der Waals surface area contributed by atoms with E-state index in [2.05, 4.69) is 26.4 Å². The Morgan fingerprint density at radius 3 is 2.55 bits per heavy atom. The van der Waals surface area contributed by atoms with Crippen LogP contribution in [-0.4, -0.2) is 51.9 Å². The van der Waals surface area contributed by atoms with E-state index in [1.807, 2.05) is 6.92 Å². The van der Waals surface area contributed by atoms with Crippen molar-refractivity contribution in [2.45, 2.75) is 38.8 Å². The first-order valence-electron chi connectivity index (χ1n) is 10.9. The number of carbonyl (C=O) groups is 1. The van der Waals surface area contributed by atoms with Crippen LogP contribution >= 0.6 is 0 Å². The normalized spacial score (nSPS) is 21.0. The van der Waals surface area contributed by atoms with Gasteiger partial charge in [0, 0.05) is 43.4 Å². The first kappa shape index (κ1) is 23.0. The van der Waals surface area contributed by atoms with Gasteiger partial charge in [0.2, 0.25) is 5.91 Å². The van der Waals surface area contributed by atoms with Gasteiger partial charge in [0.25, 0.3) is 0 Å². The molecule has 4 rings (SSSR count). The lowest BCUT2D eigenvalue weighted by molar-refractivity contribution is -0.139. The van der Waals surface area contributed by atoms with Gasteiger partial charge in [-0.05, 0) is 43.4 Å². The maximum absolute atomic E-state index is 13.9. The molecule has 0 bridgehead atoms. The molecule has 2 atom stereocenters. The second kappa shape index (κ2) is 8.64. The van der Waals surface area contributed by atoms with Crippen LogP contribution in [0, 0.1) is 12.8 Å². The highest BCUT2D eigenvalue weighted by atomic mass is 19.4. The summed E-state index contributed by atoms with van der Waals surface area (Å²) in [6, 6.07) is 1.27. The molecule has 1 aliphatic carbocycles. The van der Waals surface area contributed by atoms with E-state index in [-0.39, 0.29) is 28.9 Å². The van der Waals surface area contributed by atoms with Crippen molar-refractivity contribution >= 4 is 17.5 Å². The Labute approximate surface area is 190 Å². The number of fused-ring (bicyclic) bond motifs is 1. The predicted molar refractivity (Wildman–Crippen MR) is 119 cm³/mol. The van der Waals surface area contributed by atoms with E-state index in [1.54, 1.807) is 4.90 Å². The largest absolute Gasteiger partial charge is 0.418 e. The third-order valence-electron chi connectivity index (χ3n) is 6.60. The van der Waals surface area contributed by atoms with Gasteiger partial charge in [-0.1, -0.05) is 13.5 Å². The van der Waals surface area contributed by atoms with E-state index in [4.69, 9.17) is 5.73 Å². The number of amides is 1. The SMILES string of the molecule is C=CC(=O)N1CCN(c2ncnc3c2C[C@H](C)[C@H](c2nc(N)cc(C)c2C(F)(F)F)C3)CC1. The average molecular weight is 461 g/mol. The lowest BCUT2D eigenvalue weighted by Crippen LogP contribution is -2.49. The summed E-state index contributed by atoms with van der Waals surface area (Å²) >= 11 is 0. The summed E-state index contributed by atoms with van der Waals surface area (Å²) in [5.41, 5.74) is 6.91. The molecule has 33 heavy (non-hydrogen) atoms. The number of nitrogens with two attached hydrogens (primary N) is 1. The first-order valence-corrected chi connectivity index (χ1v) is 10.9. The highest BCUT2D eigenvalue weighted by molar-refractivity contribution is 5.87. The molecule has 2 N–H and O–H groups in total. The molecule has 1 amide bonds. The second-order valence-electron chi connectivity index (χ2n) is 8.75. The zero-order valence-electron chi connectivity index (χ0n) is 18.7. The summed E-state index contributed by atoms with van der Waals surface area (Å²) in [6.45, 7) is 9.25. The average Bonchev–Trinajstić information content (AvgIpc) is 2.76. The van der Waals surface area contributed by atoms with E-state index in [9.17, 15) is 18.0 Å². The molecule has 0 aromatic carbocycles. The quantitative estimate of drug-likeness (QED) is 0.708. The molecule has 0 unspecified atom stereocenters. The lowest BCUT2D eigenvalue weighted by Gasteiger charge is -2.38. The Balaban J connectivity index is 1.65. The Bertz CT molecular complexity index is 1080. The Morgan fingerprint density at radius 2 is 1.91 bits per heavy atom.